The van der Waals surface area contributed by atoms with E-state index in [0.717, 1.165) is 28.7 Å². The van der Waals surface area contributed by atoms with Crippen LogP contribution >= 0.6 is 11.6 Å². The zero-order valence-electron chi connectivity index (χ0n) is 14.8. The summed E-state index contributed by atoms with van der Waals surface area (Å²) in [6.07, 6.45) is 0.885. The molecule has 0 spiro atoms. The zero-order chi connectivity index (χ0) is 18.1. The maximum atomic E-state index is 9.49. The number of nitriles is 1. The summed E-state index contributed by atoms with van der Waals surface area (Å²) < 4.78 is 1.89. The SMILES string of the molecule is CCC(Nc1cc(C#N)c2cc(Cl)ccc2n1)c1c(C)nn(C)c1C. The number of hydrogen-bond donors (Lipinski definition) is 1. The molecule has 25 heavy (non-hydrogen) atoms. The Balaban J connectivity index is 2.04. The summed E-state index contributed by atoms with van der Waals surface area (Å²) in [7, 11) is 1.95. The third-order valence-electron chi connectivity index (χ3n) is 4.53. The molecule has 1 N–H and O–H groups in total. The fraction of sp³-hybridized carbons (Fsp3) is 0.316. The molecule has 2 aromatic heterocycles. The van der Waals surface area contributed by atoms with Gasteiger partial charge in [0.2, 0.25) is 0 Å². The fourth-order valence-corrected chi connectivity index (χ4v) is 3.39. The zero-order valence-corrected chi connectivity index (χ0v) is 15.5. The van der Waals surface area contributed by atoms with E-state index in [1.807, 2.05) is 24.7 Å². The van der Waals surface area contributed by atoms with E-state index in [4.69, 9.17) is 11.6 Å². The molecule has 1 aromatic carbocycles. The number of rotatable bonds is 4. The molecule has 3 aromatic rings. The summed E-state index contributed by atoms with van der Waals surface area (Å²) in [6.45, 7) is 6.20. The molecule has 1 unspecified atom stereocenters. The number of pyridine rings is 1. The number of aromatic nitrogens is 3. The van der Waals surface area contributed by atoms with E-state index >= 15 is 0 Å². The number of benzene rings is 1. The van der Waals surface area contributed by atoms with E-state index < -0.39 is 0 Å². The minimum atomic E-state index is 0.0810. The molecule has 5 nitrogen and oxygen atoms in total. The number of hydrogen-bond acceptors (Lipinski definition) is 4. The van der Waals surface area contributed by atoms with Crippen LogP contribution in [0.15, 0.2) is 24.3 Å². The van der Waals surface area contributed by atoms with Gasteiger partial charge in [0.1, 0.15) is 5.82 Å². The number of halogens is 1. The highest BCUT2D eigenvalue weighted by molar-refractivity contribution is 6.31. The van der Waals surface area contributed by atoms with Gasteiger partial charge in [-0.3, -0.25) is 4.68 Å². The van der Waals surface area contributed by atoms with Crippen LogP contribution in [0.1, 0.15) is 41.9 Å². The number of aryl methyl sites for hydroxylation is 2. The highest BCUT2D eigenvalue weighted by atomic mass is 35.5. The Labute approximate surface area is 152 Å². The van der Waals surface area contributed by atoms with Gasteiger partial charge in [-0.1, -0.05) is 18.5 Å². The van der Waals surface area contributed by atoms with Crippen molar-refractivity contribution in [3.63, 3.8) is 0 Å². The lowest BCUT2D eigenvalue weighted by molar-refractivity contribution is 0.714. The third kappa shape index (κ3) is 3.18. The lowest BCUT2D eigenvalue weighted by Crippen LogP contribution is -2.13. The Kier molecular flexibility index (Phi) is 4.65. The van der Waals surface area contributed by atoms with Gasteiger partial charge in [0, 0.05) is 28.7 Å². The van der Waals surface area contributed by atoms with Crippen molar-refractivity contribution in [2.45, 2.75) is 33.2 Å². The summed E-state index contributed by atoms with van der Waals surface area (Å²) in [5.74, 6) is 0.681. The summed E-state index contributed by atoms with van der Waals surface area (Å²) in [5, 5.41) is 18.8. The molecule has 0 saturated carbocycles. The van der Waals surface area contributed by atoms with Gasteiger partial charge in [0.05, 0.1) is 28.9 Å². The van der Waals surface area contributed by atoms with Crippen LogP contribution in [-0.2, 0) is 7.05 Å². The van der Waals surface area contributed by atoms with Crippen molar-refractivity contribution >= 4 is 28.3 Å². The van der Waals surface area contributed by atoms with Crippen LogP contribution in [0.3, 0.4) is 0 Å². The average Bonchev–Trinajstić information content (AvgIpc) is 2.84. The van der Waals surface area contributed by atoms with Crippen LogP contribution in [0.5, 0.6) is 0 Å². The van der Waals surface area contributed by atoms with Gasteiger partial charge in [-0.05, 0) is 44.5 Å². The van der Waals surface area contributed by atoms with Crippen molar-refractivity contribution in [1.29, 1.82) is 5.26 Å². The van der Waals surface area contributed by atoms with E-state index in [-0.39, 0.29) is 6.04 Å². The molecule has 2 heterocycles. The number of anilines is 1. The monoisotopic (exact) mass is 353 g/mol. The second kappa shape index (κ2) is 6.73. The first kappa shape index (κ1) is 17.2. The molecular weight excluding hydrogens is 334 g/mol. The van der Waals surface area contributed by atoms with Crippen molar-refractivity contribution in [3.05, 3.63) is 51.8 Å². The van der Waals surface area contributed by atoms with Crippen LogP contribution in [0.25, 0.3) is 10.9 Å². The fourth-order valence-electron chi connectivity index (χ4n) is 3.22. The Hall–Kier alpha value is -2.58. The Morgan fingerprint density at radius 2 is 2.08 bits per heavy atom. The summed E-state index contributed by atoms with van der Waals surface area (Å²) in [5.41, 5.74) is 4.63. The molecule has 0 aliphatic heterocycles. The quantitative estimate of drug-likeness (QED) is 0.739. The smallest absolute Gasteiger partial charge is 0.128 e. The van der Waals surface area contributed by atoms with E-state index in [2.05, 4.69) is 35.3 Å². The number of fused-ring (bicyclic) bond motifs is 1. The van der Waals surface area contributed by atoms with Crippen LogP contribution < -0.4 is 5.32 Å². The maximum absolute atomic E-state index is 9.49. The van der Waals surface area contributed by atoms with Gasteiger partial charge in [-0.15, -0.1) is 0 Å². The Morgan fingerprint density at radius 1 is 1.32 bits per heavy atom. The molecule has 0 saturated heterocycles. The van der Waals surface area contributed by atoms with Crippen LogP contribution in [0.4, 0.5) is 5.82 Å². The van der Waals surface area contributed by atoms with Gasteiger partial charge in [-0.25, -0.2) is 4.98 Å². The predicted molar refractivity (Wildman–Crippen MR) is 101 cm³/mol. The van der Waals surface area contributed by atoms with Gasteiger partial charge in [0.15, 0.2) is 0 Å². The molecule has 0 amide bonds. The Morgan fingerprint density at radius 3 is 2.68 bits per heavy atom. The van der Waals surface area contributed by atoms with Gasteiger partial charge < -0.3 is 5.32 Å². The molecule has 0 aliphatic carbocycles. The van der Waals surface area contributed by atoms with E-state index in [9.17, 15) is 5.26 Å². The molecule has 0 aliphatic rings. The molecule has 128 valence electrons. The predicted octanol–water partition coefficient (Wildman–Crippen LogP) is 4.67. The second-order valence-corrected chi connectivity index (χ2v) is 6.58. The number of nitrogens with zero attached hydrogens (tertiary/aromatic N) is 4. The van der Waals surface area contributed by atoms with Crippen molar-refractivity contribution in [2.24, 2.45) is 7.05 Å². The highest BCUT2D eigenvalue weighted by Gasteiger charge is 2.19. The van der Waals surface area contributed by atoms with E-state index in [0.29, 0.717) is 16.4 Å². The van der Waals surface area contributed by atoms with Crippen molar-refractivity contribution in [3.8, 4) is 6.07 Å². The molecular formula is C19H20ClN5. The lowest BCUT2D eigenvalue weighted by atomic mass is 10.0. The molecule has 6 heteroatoms. The minimum absolute atomic E-state index is 0.0810. The van der Waals surface area contributed by atoms with Gasteiger partial charge in [-0.2, -0.15) is 10.4 Å². The van der Waals surface area contributed by atoms with Crippen molar-refractivity contribution in [2.75, 3.05) is 5.32 Å². The normalized spacial score (nSPS) is 12.2. The molecule has 1 atom stereocenters. The summed E-state index contributed by atoms with van der Waals surface area (Å²) in [6, 6.07) is 9.50. The van der Waals surface area contributed by atoms with Crippen LogP contribution in [0, 0.1) is 25.2 Å². The first-order valence-corrected chi connectivity index (χ1v) is 8.59. The average molecular weight is 354 g/mol. The van der Waals surface area contributed by atoms with Crippen molar-refractivity contribution in [1.82, 2.24) is 14.8 Å². The number of nitrogens with one attached hydrogen (secondary N) is 1. The first-order chi connectivity index (χ1) is 11.9. The van der Waals surface area contributed by atoms with Gasteiger partial charge in [0.25, 0.3) is 0 Å². The molecule has 0 fully saturated rings. The first-order valence-electron chi connectivity index (χ1n) is 8.21. The topological polar surface area (TPSA) is 66.5 Å². The van der Waals surface area contributed by atoms with Crippen LogP contribution in [-0.4, -0.2) is 14.8 Å². The molecule has 0 radical (unpaired) electrons. The Bertz CT molecular complexity index is 984. The highest BCUT2D eigenvalue weighted by Crippen LogP contribution is 2.29. The minimum Gasteiger partial charge on any atom is -0.363 e. The standard InChI is InChI=1S/C19H20ClN5/c1-5-16(19-11(2)24-25(4)12(19)3)22-18-8-13(10-21)15-9-14(20)6-7-17(15)23-18/h6-9,16H,5H2,1-4H3,(H,22,23). The van der Waals surface area contributed by atoms with E-state index in [1.54, 1.807) is 18.2 Å². The van der Waals surface area contributed by atoms with Crippen molar-refractivity contribution < 1.29 is 0 Å². The summed E-state index contributed by atoms with van der Waals surface area (Å²) in [4.78, 5) is 4.66. The largest absolute Gasteiger partial charge is 0.363 e. The van der Waals surface area contributed by atoms with Gasteiger partial charge >= 0.3 is 0 Å². The summed E-state index contributed by atoms with van der Waals surface area (Å²) >= 11 is 6.05. The molecule has 0 bridgehead atoms. The lowest BCUT2D eigenvalue weighted by Gasteiger charge is -2.19. The van der Waals surface area contributed by atoms with Crippen LogP contribution in [0.2, 0.25) is 5.02 Å². The third-order valence-corrected chi connectivity index (χ3v) is 4.77. The maximum Gasteiger partial charge on any atom is 0.128 e. The van der Waals surface area contributed by atoms with E-state index in [1.165, 1.54) is 5.56 Å². The second-order valence-electron chi connectivity index (χ2n) is 6.14. The molecule has 3 rings (SSSR count).